The standard InChI is InChI=1S/C12H17FN2/c13-12-3-1-10(2-4-12)5-6-14-7-11-8-15-9-11/h1-4,11,14-15H,5-9H2. The van der Waals surface area contributed by atoms with Crippen LogP contribution in [0, 0.1) is 11.7 Å². The Labute approximate surface area is 89.9 Å². The van der Waals surface area contributed by atoms with Gasteiger partial charge in [0.1, 0.15) is 5.82 Å². The molecule has 0 aliphatic carbocycles. The maximum Gasteiger partial charge on any atom is 0.123 e. The Morgan fingerprint density at radius 2 is 2.00 bits per heavy atom. The van der Waals surface area contributed by atoms with Gasteiger partial charge in [-0.15, -0.1) is 0 Å². The fourth-order valence-corrected chi connectivity index (χ4v) is 1.68. The minimum Gasteiger partial charge on any atom is -0.316 e. The van der Waals surface area contributed by atoms with Crippen LogP contribution >= 0.6 is 0 Å². The molecule has 3 heteroatoms. The van der Waals surface area contributed by atoms with Gasteiger partial charge in [0.25, 0.3) is 0 Å². The van der Waals surface area contributed by atoms with Crippen LogP contribution in [0.4, 0.5) is 4.39 Å². The van der Waals surface area contributed by atoms with E-state index < -0.39 is 0 Å². The van der Waals surface area contributed by atoms with Crippen LogP contribution in [0.1, 0.15) is 5.56 Å². The lowest BCUT2D eigenvalue weighted by atomic mass is 10.0. The number of hydrogen-bond acceptors (Lipinski definition) is 2. The molecule has 1 aromatic carbocycles. The van der Waals surface area contributed by atoms with Gasteiger partial charge in [0, 0.05) is 19.6 Å². The molecule has 0 radical (unpaired) electrons. The highest BCUT2D eigenvalue weighted by Crippen LogP contribution is 2.03. The topological polar surface area (TPSA) is 24.1 Å². The van der Waals surface area contributed by atoms with Gasteiger partial charge in [0.05, 0.1) is 0 Å². The first kappa shape index (κ1) is 10.6. The van der Waals surface area contributed by atoms with E-state index in [0.29, 0.717) is 0 Å². The molecule has 0 bridgehead atoms. The Bertz CT molecular complexity index is 293. The van der Waals surface area contributed by atoms with Gasteiger partial charge in [-0.3, -0.25) is 0 Å². The van der Waals surface area contributed by atoms with E-state index in [9.17, 15) is 4.39 Å². The molecular formula is C12H17FN2. The summed E-state index contributed by atoms with van der Waals surface area (Å²) in [7, 11) is 0. The van der Waals surface area contributed by atoms with Crippen molar-refractivity contribution in [3.8, 4) is 0 Å². The van der Waals surface area contributed by atoms with E-state index in [0.717, 1.165) is 38.5 Å². The minimum atomic E-state index is -0.160. The summed E-state index contributed by atoms with van der Waals surface area (Å²) >= 11 is 0. The highest BCUT2D eigenvalue weighted by molar-refractivity contribution is 5.16. The van der Waals surface area contributed by atoms with Crippen molar-refractivity contribution in [3.05, 3.63) is 35.6 Å². The van der Waals surface area contributed by atoms with Crippen molar-refractivity contribution < 1.29 is 4.39 Å². The molecule has 1 fully saturated rings. The average molecular weight is 208 g/mol. The zero-order valence-electron chi connectivity index (χ0n) is 8.80. The Balaban J connectivity index is 1.62. The van der Waals surface area contributed by atoms with Crippen LogP contribution in [0.5, 0.6) is 0 Å². The molecule has 2 nitrogen and oxygen atoms in total. The van der Waals surface area contributed by atoms with Gasteiger partial charge in [0.2, 0.25) is 0 Å². The molecule has 0 saturated carbocycles. The molecule has 1 aliphatic rings. The van der Waals surface area contributed by atoms with Crippen molar-refractivity contribution >= 4 is 0 Å². The lowest BCUT2D eigenvalue weighted by molar-refractivity contribution is 0.333. The lowest BCUT2D eigenvalue weighted by Crippen LogP contribution is -2.47. The van der Waals surface area contributed by atoms with Gasteiger partial charge in [-0.05, 0) is 36.6 Å². The molecular weight excluding hydrogens is 191 g/mol. The number of nitrogens with one attached hydrogen (secondary N) is 2. The molecule has 15 heavy (non-hydrogen) atoms. The molecule has 0 amide bonds. The third kappa shape index (κ3) is 3.29. The van der Waals surface area contributed by atoms with E-state index in [1.807, 2.05) is 12.1 Å². The van der Waals surface area contributed by atoms with Gasteiger partial charge in [-0.1, -0.05) is 12.1 Å². The Morgan fingerprint density at radius 1 is 1.27 bits per heavy atom. The van der Waals surface area contributed by atoms with E-state index in [2.05, 4.69) is 10.6 Å². The second kappa shape index (κ2) is 5.24. The summed E-state index contributed by atoms with van der Waals surface area (Å²) < 4.78 is 12.6. The van der Waals surface area contributed by atoms with Crippen molar-refractivity contribution in [2.75, 3.05) is 26.2 Å². The van der Waals surface area contributed by atoms with Gasteiger partial charge >= 0.3 is 0 Å². The number of hydrogen-bond donors (Lipinski definition) is 2. The fraction of sp³-hybridized carbons (Fsp3) is 0.500. The van der Waals surface area contributed by atoms with Crippen molar-refractivity contribution in [2.24, 2.45) is 5.92 Å². The molecule has 2 rings (SSSR count). The zero-order valence-corrected chi connectivity index (χ0v) is 8.80. The second-order valence-corrected chi connectivity index (χ2v) is 4.10. The van der Waals surface area contributed by atoms with Gasteiger partial charge < -0.3 is 10.6 Å². The van der Waals surface area contributed by atoms with Crippen LogP contribution in [0.3, 0.4) is 0 Å². The predicted molar refractivity (Wildman–Crippen MR) is 59.3 cm³/mol. The molecule has 0 atom stereocenters. The van der Waals surface area contributed by atoms with Crippen LogP contribution in [0.15, 0.2) is 24.3 Å². The molecule has 1 heterocycles. The zero-order chi connectivity index (χ0) is 10.5. The van der Waals surface area contributed by atoms with Gasteiger partial charge in [0.15, 0.2) is 0 Å². The second-order valence-electron chi connectivity index (χ2n) is 4.10. The summed E-state index contributed by atoms with van der Waals surface area (Å²) in [6.45, 7) is 4.35. The van der Waals surface area contributed by atoms with Crippen LogP contribution in [-0.2, 0) is 6.42 Å². The molecule has 1 aliphatic heterocycles. The van der Waals surface area contributed by atoms with E-state index in [-0.39, 0.29) is 5.82 Å². The van der Waals surface area contributed by atoms with Crippen LogP contribution in [0.2, 0.25) is 0 Å². The third-order valence-corrected chi connectivity index (χ3v) is 2.80. The third-order valence-electron chi connectivity index (χ3n) is 2.80. The SMILES string of the molecule is Fc1ccc(CCNCC2CNC2)cc1. The Hall–Kier alpha value is -0.930. The van der Waals surface area contributed by atoms with Gasteiger partial charge in [-0.25, -0.2) is 4.39 Å². The quantitative estimate of drug-likeness (QED) is 0.710. The minimum absolute atomic E-state index is 0.160. The van der Waals surface area contributed by atoms with Crippen molar-refractivity contribution in [1.29, 1.82) is 0 Å². The molecule has 0 unspecified atom stereocenters. The predicted octanol–water partition coefficient (Wildman–Crippen LogP) is 1.18. The molecule has 1 saturated heterocycles. The van der Waals surface area contributed by atoms with Crippen molar-refractivity contribution in [1.82, 2.24) is 10.6 Å². The number of rotatable bonds is 5. The molecule has 1 aromatic rings. The smallest absolute Gasteiger partial charge is 0.123 e. The number of benzene rings is 1. The number of halogens is 1. The maximum atomic E-state index is 12.6. The van der Waals surface area contributed by atoms with Crippen LogP contribution < -0.4 is 10.6 Å². The lowest BCUT2D eigenvalue weighted by Gasteiger charge is -2.27. The average Bonchev–Trinajstić information content (AvgIpc) is 2.18. The van der Waals surface area contributed by atoms with E-state index in [1.54, 1.807) is 0 Å². The highest BCUT2D eigenvalue weighted by Gasteiger charge is 2.14. The fourth-order valence-electron chi connectivity index (χ4n) is 1.68. The summed E-state index contributed by atoms with van der Waals surface area (Å²) in [6.07, 6.45) is 0.973. The normalized spacial score (nSPS) is 16.3. The first-order chi connectivity index (χ1) is 7.34. The first-order valence-corrected chi connectivity index (χ1v) is 5.50. The highest BCUT2D eigenvalue weighted by atomic mass is 19.1. The summed E-state index contributed by atoms with van der Waals surface area (Å²) in [4.78, 5) is 0. The first-order valence-electron chi connectivity index (χ1n) is 5.50. The van der Waals surface area contributed by atoms with Crippen LogP contribution in [0.25, 0.3) is 0 Å². The van der Waals surface area contributed by atoms with Crippen molar-refractivity contribution in [3.63, 3.8) is 0 Å². The summed E-state index contributed by atoms with van der Waals surface area (Å²) in [5, 5.41) is 6.66. The Morgan fingerprint density at radius 3 is 2.60 bits per heavy atom. The maximum absolute atomic E-state index is 12.6. The molecule has 2 N–H and O–H groups in total. The molecule has 0 spiro atoms. The van der Waals surface area contributed by atoms with E-state index in [4.69, 9.17) is 0 Å². The van der Waals surface area contributed by atoms with E-state index >= 15 is 0 Å². The summed E-state index contributed by atoms with van der Waals surface area (Å²) in [5.74, 6) is 0.644. The summed E-state index contributed by atoms with van der Waals surface area (Å²) in [5.41, 5.74) is 1.19. The van der Waals surface area contributed by atoms with Crippen molar-refractivity contribution in [2.45, 2.75) is 6.42 Å². The molecule has 0 aromatic heterocycles. The van der Waals surface area contributed by atoms with E-state index in [1.165, 1.54) is 17.7 Å². The van der Waals surface area contributed by atoms with Gasteiger partial charge in [-0.2, -0.15) is 0 Å². The monoisotopic (exact) mass is 208 g/mol. The Kier molecular flexibility index (Phi) is 3.69. The largest absolute Gasteiger partial charge is 0.316 e. The molecule has 82 valence electrons. The van der Waals surface area contributed by atoms with Crippen LogP contribution in [-0.4, -0.2) is 26.2 Å². The summed E-state index contributed by atoms with van der Waals surface area (Å²) in [6, 6.07) is 6.74.